The number of anilines is 2. The molecule has 1 heterocycles. The third-order valence-corrected chi connectivity index (χ3v) is 4.38. The Bertz CT molecular complexity index is 727. The van der Waals surface area contributed by atoms with Crippen LogP contribution in [0.5, 0.6) is 0 Å². The Hall–Kier alpha value is -2.62. The van der Waals surface area contributed by atoms with Crippen LogP contribution in [0.4, 0.5) is 11.4 Å². The number of carbonyl (C=O) groups is 2. The van der Waals surface area contributed by atoms with Gasteiger partial charge < -0.3 is 10.2 Å². The molecule has 0 saturated carbocycles. The predicted octanol–water partition coefficient (Wildman–Crippen LogP) is 3.95. The van der Waals surface area contributed by atoms with Crippen LogP contribution < -0.4 is 10.2 Å². The van der Waals surface area contributed by atoms with Crippen LogP contribution in [0.25, 0.3) is 0 Å². The van der Waals surface area contributed by atoms with Crippen LogP contribution in [0.3, 0.4) is 0 Å². The van der Waals surface area contributed by atoms with Crippen LogP contribution in [0.15, 0.2) is 54.6 Å². The van der Waals surface area contributed by atoms with E-state index in [0.29, 0.717) is 12.8 Å². The number of hydrogen-bond donors (Lipinski definition) is 1. The summed E-state index contributed by atoms with van der Waals surface area (Å²) in [6, 6.07) is 17.5. The molecule has 0 spiro atoms. The first kappa shape index (κ1) is 16.2. The normalized spacial score (nSPS) is 15.4. The maximum absolute atomic E-state index is 12.3. The summed E-state index contributed by atoms with van der Waals surface area (Å²) in [7, 11) is 0. The van der Waals surface area contributed by atoms with Gasteiger partial charge in [0.1, 0.15) is 0 Å². The van der Waals surface area contributed by atoms with Crippen molar-refractivity contribution < 1.29 is 9.59 Å². The molecule has 1 N–H and O–H groups in total. The third-order valence-electron chi connectivity index (χ3n) is 4.38. The zero-order valence-corrected chi connectivity index (χ0v) is 13.9. The number of benzene rings is 2. The molecular formula is C20H22N2O2. The number of hydrogen-bond acceptors (Lipinski definition) is 2. The molecule has 1 aliphatic rings. The molecule has 0 radical (unpaired) electrons. The monoisotopic (exact) mass is 322 g/mol. The van der Waals surface area contributed by atoms with Gasteiger partial charge in [-0.25, -0.2) is 0 Å². The lowest BCUT2D eigenvalue weighted by Crippen LogP contribution is -2.23. The van der Waals surface area contributed by atoms with Crippen LogP contribution in [0, 0.1) is 0 Å². The molecule has 3 rings (SSSR count). The van der Waals surface area contributed by atoms with Crippen LogP contribution in [0.1, 0.15) is 37.7 Å². The molecule has 1 atom stereocenters. The molecule has 1 fully saturated rings. The Morgan fingerprint density at radius 1 is 1.17 bits per heavy atom. The van der Waals surface area contributed by atoms with E-state index in [9.17, 15) is 9.59 Å². The van der Waals surface area contributed by atoms with Crippen molar-refractivity contribution in [1.29, 1.82) is 0 Å². The number of carbonyl (C=O) groups excluding carboxylic acids is 2. The summed E-state index contributed by atoms with van der Waals surface area (Å²) >= 11 is 0. The minimum absolute atomic E-state index is 0.0174. The largest absolute Gasteiger partial charge is 0.326 e. The standard InChI is InChI=1S/C20H22N2O2/c1-15(16-7-3-2-4-8-16)13-19(23)21-17-9-5-10-18(14-17)22-12-6-11-20(22)24/h2-5,7-10,14-15H,6,11-13H2,1H3,(H,21,23). The van der Waals surface area contributed by atoms with Crippen molar-refractivity contribution in [1.82, 2.24) is 0 Å². The maximum Gasteiger partial charge on any atom is 0.227 e. The minimum atomic E-state index is -0.0174. The first-order valence-corrected chi connectivity index (χ1v) is 8.39. The first-order chi connectivity index (χ1) is 11.6. The highest BCUT2D eigenvalue weighted by atomic mass is 16.2. The molecule has 2 aromatic rings. The van der Waals surface area contributed by atoms with Gasteiger partial charge in [0.2, 0.25) is 11.8 Å². The van der Waals surface area contributed by atoms with Gasteiger partial charge in [0, 0.05) is 30.8 Å². The molecule has 24 heavy (non-hydrogen) atoms. The molecular weight excluding hydrogens is 300 g/mol. The Labute approximate surface area is 142 Å². The van der Waals surface area contributed by atoms with Crippen molar-refractivity contribution in [3.63, 3.8) is 0 Å². The highest BCUT2D eigenvalue weighted by molar-refractivity contribution is 5.97. The van der Waals surface area contributed by atoms with Crippen molar-refractivity contribution in [2.45, 2.75) is 32.1 Å². The van der Waals surface area contributed by atoms with Gasteiger partial charge in [-0.2, -0.15) is 0 Å². The zero-order chi connectivity index (χ0) is 16.9. The first-order valence-electron chi connectivity index (χ1n) is 8.39. The molecule has 4 heteroatoms. The van der Waals surface area contributed by atoms with Gasteiger partial charge in [0.15, 0.2) is 0 Å². The zero-order valence-electron chi connectivity index (χ0n) is 13.9. The van der Waals surface area contributed by atoms with E-state index in [4.69, 9.17) is 0 Å². The highest BCUT2D eigenvalue weighted by Gasteiger charge is 2.21. The van der Waals surface area contributed by atoms with Crippen molar-refractivity contribution in [2.75, 3.05) is 16.8 Å². The Morgan fingerprint density at radius 3 is 2.67 bits per heavy atom. The topological polar surface area (TPSA) is 49.4 Å². The van der Waals surface area contributed by atoms with Gasteiger partial charge in [-0.15, -0.1) is 0 Å². The minimum Gasteiger partial charge on any atom is -0.326 e. The summed E-state index contributed by atoms with van der Waals surface area (Å²) in [6.07, 6.45) is 1.92. The Morgan fingerprint density at radius 2 is 1.96 bits per heavy atom. The van der Waals surface area contributed by atoms with E-state index in [1.165, 1.54) is 0 Å². The van der Waals surface area contributed by atoms with Gasteiger partial charge in [-0.3, -0.25) is 9.59 Å². The molecule has 1 unspecified atom stereocenters. The molecule has 2 aromatic carbocycles. The molecule has 4 nitrogen and oxygen atoms in total. The van der Waals surface area contributed by atoms with Crippen LogP contribution in [0.2, 0.25) is 0 Å². The fourth-order valence-electron chi connectivity index (χ4n) is 3.06. The van der Waals surface area contributed by atoms with Crippen molar-refractivity contribution in [2.24, 2.45) is 0 Å². The second-order valence-corrected chi connectivity index (χ2v) is 6.26. The van der Waals surface area contributed by atoms with Crippen molar-refractivity contribution >= 4 is 23.2 Å². The number of amides is 2. The quantitative estimate of drug-likeness (QED) is 0.906. The Balaban J connectivity index is 1.63. The fourth-order valence-corrected chi connectivity index (χ4v) is 3.06. The van der Waals surface area contributed by atoms with Gasteiger partial charge in [-0.1, -0.05) is 43.3 Å². The smallest absolute Gasteiger partial charge is 0.227 e. The maximum atomic E-state index is 12.3. The average molecular weight is 322 g/mol. The predicted molar refractivity (Wildman–Crippen MR) is 96.1 cm³/mol. The van der Waals surface area contributed by atoms with Gasteiger partial charge >= 0.3 is 0 Å². The molecule has 1 saturated heterocycles. The van der Waals surface area contributed by atoms with E-state index in [-0.39, 0.29) is 17.7 Å². The second kappa shape index (κ2) is 7.30. The van der Waals surface area contributed by atoms with E-state index in [1.54, 1.807) is 4.90 Å². The molecule has 124 valence electrons. The van der Waals surface area contributed by atoms with Crippen LogP contribution in [-0.4, -0.2) is 18.4 Å². The van der Waals surface area contributed by atoms with Crippen LogP contribution >= 0.6 is 0 Å². The number of nitrogens with zero attached hydrogens (tertiary/aromatic N) is 1. The van der Waals surface area contributed by atoms with Gasteiger partial charge in [0.05, 0.1) is 0 Å². The van der Waals surface area contributed by atoms with E-state index in [1.807, 2.05) is 61.5 Å². The second-order valence-electron chi connectivity index (χ2n) is 6.26. The molecule has 2 amide bonds. The highest BCUT2D eigenvalue weighted by Crippen LogP contribution is 2.25. The number of rotatable bonds is 5. The lowest BCUT2D eigenvalue weighted by Gasteiger charge is -2.17. The van der Waals surface area contributed by atoms with Gasteiger partial charge in [0.25, 0.3) is 0 Å². The summed E-state index contributed by atoms with van der Waals surface area (Å²) in [5.41, 5.74) is 2.74. The lowest BCUT2D eigenvalue weighted by atomic mass is 9.97. The van der Waals surface area contributed by atoms with Crippen molar-refractivity contribution in [3.8, 4) is 0 Å². The molecule has 0 bridgehead atoms. The molecule has 0 aliphatic carbocycles. The SMILES string of the molecule is CC(CC(=O)Nc1cccc(N2CCCC2=O)c1)c1ccccc1. The van der Waals surface area contributed by atoms with E-state index in [0.717, 1.165) is 29.9 Å². The summed E-state index contributed by atoms with van der Waals surface area (Å²) in [5, 5.41) is 2.94. The van der Waals surface area contributed by atoms with E-state index >= 15 is 0 Å². The summed E-state index contributed by atoms with van der Waals surface area (Å²) in [4.78, 5) is 25.9. The number of nitrogens with one attached hydrogen (secondary N) is 1. The Kier molecular flexibility index (Phi) is 4.94. The summed E-state index contributed by atoms with van der Waals surface area (Å²) < 4.78 is 0. The summed E-state index contributed by atoms with van der Waals surface area (Å²) in [5.74, 6) is 0.293. The van der Waals surface area contributed by atoms with Crippen molar-refractivity contribution in [3.05, 3.63) is 60.2 Å². The summed E-state index contributed by atoms with van der Waals surface area (Å²) in [6.45, 7) is 2.80. The van der Waals surface area contributed by atoms with E-state index in [2.05, 4.69) is 5.32 Å². The van der Waals surface area contributed by atoms with Gasteiger partial charge in [-0.05, 0) is 36.1 Å². The molecule has 1 aliphatic heterocycles. The van der Waals surface area contributed by atoms with E-state index < -0.39 is 0 Å². The lowest BCUT2D eigenvalue weighted by molar-refractivity contribution is -0.117. The average Bonchev–Trinajstić information content (AvgIpc) is 3.02. The molecule has 0 aromatic heterocycles. The third kappa shape index (κ3) is 3.82. The fraction of sp³-hybridized carbons (Fsp3) is 0.300. The van der Waals surface area contributed by atoms with Crippen LogP contribution in [-0.2, 0) is 9.59 Å².